The van der Waals surface area contributed by atoms with Crippen LogP contribution in [0, 0.1) is 6.92 Å². The Morgan fingerprint density at radius 1 is 1.47 bits per heavy atom. The normalized spacial score (nSPS) is 12.2. The lowest BCUT2D eigenvalue weighted by atomic mass is 10.0. The van der Waals surface area contributed by atoms with Gasteiger partial charge >= 0.3 is 0 Å². The Bertz CT molecular complexity index is 360. The van der Waals surface area contributed by atoms with E-state index in [-0.39, 0.29) is 0 Å². The van der Waals surface area contributed by atoms with Crippen LogP contribution in [0.1, 0.15) is 37.4 Å². The van der Waals surface area contributed by atoms with Gasteiger partial charge in [-0.25, -0.2) is 0 Å². The molecule has 1 aromatic carbocycles. The molecule has 1 rings (SSSR count). The summed E-state index contributed by atoms with van der Waals surface area (Å²) in [4.78, 5) is 0. The van der Waals surface area contributed by atoms with Crippen LogP contribution in [0.5, 0.6) is 5.75 Å². The second-order valence-electron chi connectivity index (χ2n) is 4.30. The quantitative estimate of drug-likeness (QED) is 0.726. The van der Waals surface area contributed by atoms with Crippen LogP contribution in [0.4, 0.5) is 0 Å². The van der Waals surface area contributed by atoms with Crippen molar-refractivity contribution in [2.75, 3.05) is 13.2 Å². The van der Waals surface area contributed by atoms with E-state index in [1.165, 1.54) is 11.1 Å². The summed E-state index contributed by atoms with van der Waals surface area (Å²) < 4.78 is 5.56. The molecular formula is C15H23NO. The first-order chi connectivity index (χ1) is 8.19. The van der Waals surface area contributed by atoms with Gasteiger partial charge in [-0.2, -0.15) is 0 Å². The van der Waals surface area contributed by atoms with Crippen LogP contribution in [0.3, 0.4) is 0 Å². The topological polar surface area (TPSA) is 21.3 Å². The molecule has 0 saturated heterocycles. The zero-order valence-corrected chi connectivity index (χ0v) is 11.1. The molecule has 0 aliphatic heterocycles. The Morgan fingerprint density at radius 2 is 2.24 bits per heavy atom. The number of hydrogen-bond acceptors (Lipinski definition) is 2. The number of benzene rings is 1. The number of rotatable bonds is 7. The second kappa shape index (κ2) is 7.13. The summed E-state index contributed by atoms with van der Waals surface area (Å²) in [5.41, 5.74) is 2.48. The molecule has 2 nitrogen and oxygen atoms in total. The highest BCUT2D eigenvalue weighted by molar-refractivity contribution is 5.37. The summed E-state index contributed by atoms with van der Waals surface area (Å²) in [7, 11) is 0. The summed E-state index contributed by atoms with van der Waals surface area (Å²) in [6, 6.07) is 6.74. The molecule has 94 valence electrons. The highest BCUT2D eigenvalue weighted by Gasteiger charge is 2.06. The van der Waals surface area contributed by atoms with Crippen molar-refractivity contribution in [2.24, 2.45) is 0 Å². The van der Waals surface area contributed by atoms with Crippen molar-refractivity contribution in [3.63, 3.8) is 0 Å². The Hall–Kier alpha value is -1.28. The zero-order valence-electron chi connectivity index (χ0n) is 11.1. The highest BCUT2D eigenvalue weighted by atomic mass is 16.5. The molecule has 0 heterocycles. The van der Waals surface area contributed by atoms with Gasteiger partial charge in [0.1, 0.15) is 12.4 Å². The predicted octanol–water partition coefficient (Wildman–Crippen LogP) is 3.62. The van der Waals surface area contributed by atoms with Crippen molar-refractivity contribution >= 4 is 0 Å². The van der Waals surface area contributed by atoms with Crippen LogP contribution in [0.25, 0.3) is 0 Å². The van der Waals surface area contributed by atoms with Crippen LogP contribution in [0.15, 0.2) is 30.9 Å². The monoisotopic (exact) mass is 233 g/mol. The van der Waals surface area contributed by atoms with E-state index < -0.39 is 0 Å². The molecule has 1 unspecified atom stereocenters. The molecule has 0 aliphatic carbocycles. The van der Waals surface area contributed by atoms with Crippen LogP contribution in [-0.4, -0.2) is 13.2 Å². The molecule has 0 saturated carbocycles. The van der Waals surface area contributed by atoms with E-state index in [1.54, 1.807) is 6.08 Å². The third-order valence-corrected chi connectivity index (χ3v) is 2.76. The molecule has 2 heteroatoms. The maximum absolute atomic E-state index is 5.56. The molecule has 0 fully saturated rings. The number of ether oxygens (including phenoxy) is 1. The second-order valence-corrected chi connectivity index (χ2v) is 4.30. The van der Waals surface area contributed by atoms with Gasteiger partial charge in [0.25, 0.3) is 0 Å². The molecule has 0 amide bonds. The summed E-state index contributed by atoms with van der Waals surface area (Å²) in [5.74, 6) is 0.941. The Labute approximate surface area is 105 Å². The summed E-state index contributed by atoms with van der Waals surface area (Å²) >= 11 is 0. The first kappa shape index (κ1) is 13.8. The first-order valence-corrected chi connectivity index (χ1v) is 6.26. The molecule has 17 heavy (non-hydrogen) atoms. The van der Waals surface area contributed by atoms with E-state index >= 15 is 0 Å². The van der Waals surface area contributed by atoms with E-state index in [0.717, 1.165) is 18.7 Å². The van der Waals surface area contributed by atoms with E-state index in [4.69, 9.17) is 4.74 Å². The minimum Gasteiger partial charge on any atom is -0.489 e. The SMILES string of the molecule is C=CCOc1ccc(C(C)NCCC)cc1C. The molecule has 1 N–H and O–H groups in total. The summed E-state index contributed by atoms with van der Waals surface area (Å²) in [6.45, 7) is 11.7. The maximum atomic E-state index is 5.56. The lowest BCUT2D eigenvalue weighted by Crippen LogP contribution is -2.19. The number of hydrogen-bond donors (Lipinski definition) is 1. The Kier molecular flexibility index (Phi) is 5.78. The molecule has 1 atom stereocenters. The van der Waals surface area contributed by atoms with Crippen molar-refractivity contribution in [1.82, 2.24) is 5.32 Å². The lowest BCUT2D eigenvalue weighted by Gasteiger charge is -2.15. The largest absolute Gasteiger partial charge is 0.489 e. The average Bonchev–Trinajstić information content (AvgIpc) is 2.34. The number of nitrogens with one attached hydrogen (secondary N) is 1. The van der Waals surface area contributed by atoms with Gasteiger partial charge in [0.2, 0.25) is 0 Å². The fourth-order valence-electron chi connectivity index (χ4n) is 1.73. The lowest BCUT2D eigenvalue weighted by molar-refractivity contribution is 0.360. The zero-order chi connectivity index (χ0) is 12.7. The predicted molar refractivity (Wildman–Crippen MR) is 73.6 cm³/mol. The molecule has 1 aromatic rings. The van der Waals surface area contributed by atoms with Crippen LogP contribution < -0.4 is 10.1 Å². The van der Waals surface area contributed by atoms with Gasteiger partial charge < -0.3 is 10.1 Å². The highest BCUT2D eigenvalue weighted by Crippen LogP contribution is 2.22. The molecule has 0 aliphatic rings. The molecule has 0 spiro atoms. The van der Waals surface area contributed by atoms with Crippen molar-refractivity contribution in [3.8, 4) is 5.75 Å². The van der Waals surface area contributed by atoms with E-state index in [1.807, 2.05) is 6.07 Å². The molecule has 0 aromatic heterocycles. The van der Waals surface area contributed by atoms with Crippen LogP contribution in [-0.2, 0) is 0 Å². The van der Waals surface area contributed by atoms with Gasteiger partial charge in [0, 0.05) is 6.04 Å². The standard InChI is InChI=1S/C15H23NO/c1-5-9-16-13(4)14-7-8-15(12(3)11-14)17-10-6-2/h6-8,11,13,16H,2,5,9-10H2,1,3-4H3. The smallest absolute Gasteiger partial charge is 0.122 e. The van der Waals surface area contributed by atoms with Gasteiger partial charge in [0.15, 0.2) is 0 Å². The van der Waals surface area contributed by atoms with Gasteiger partial charge in [-0.15, -0.1) is 0 Å². The minimum atomic E-state index is 0.391. The van der Waals surface area contributed by atoms with Crippen LogP contribution in [0.2, 0.25) is 0 Å². The van der Waals surface area contributed by atoms with Gasteiger partial charge in [-0.05, 0) is 44.0 Å². The fourth-order valence-corrected chi connectivity index (χ4v) is 1.73. The van der Waals surface area contributed by atoms with Gasteiger partial charge in [0.05, 0.1) is 0 Å². The third-order valence-electron chi connectivity index (χ3n) is 2.76. The average molecular weight is 233 g/mol. The Balaban J connectivity index is 2.70. The molecular weight excluding hydrogens is 210 g/mol. The van der Waals surface area contributed by atoms with E-state index in [2.05, 4.69) is 44.8 Å². The summed E-state index contributed by atoms with van der Waals surface area (Å²) in [6.07, 6.45) is 2.92. The molecule has 0 radical (unpaired) electrons. The van der Waals surface area contributed by atoms with Gasteiger partial charge in [-0.1, -0.05) is 31.7 Å². The van der Waals surface area contributed by atoms with Gasteiger partial charge in [-0.3, -0.25) is 0 Å². The summed E-state index contributed by atoms with van der Waals surface area (Å²) in [5, 5.41) is 3.48. The fraction of sp³-hybridized carbons (Fsp3) is 0.467. The maximum Gasteiger partial charge on any atom is 0.122 e. The molecule has 0 bridgehead atoms. The van der Waals surface area contributed by atoms with Crippen LogP contribution >= 0.6 is 0 Å². The number of aryl methyl sites for hydroxylation is 1. The first-order valence-electron chi connectivity index (χ1n) is 6.26. The van der Waals surface area contributed by atoms with Crippen molar-refractivity contribution in [3.05, 3.63) is 42.0 Å². The van der Waals surface area contributed by atoms with E-state index in [0.29, 0.717) is 12.6 Å². The van der Waals surface area contributed by atoms with Crippen molar-refractivity contribution in [2.45, 2.75) is 33.2 Å². The Morgan fingerprint density at radius 3 is 2.82 bits per heavy atom. The van der Waals surface area contributed by atoms with E-state index in [9.17, 15) is 0 Å². The third kappa shape index (κ3) is 4.23. The minimum absolute atomic E-state index is 0.391. The van der Waals surface area contributed by atoms with Crippen molar-refractivity contribution in [1.29, 1.82) is 0 Å². The van der Waals surface area contributed by atoms with Crippen molar-refractivity contribution < 1.29 is 4.74 Å².